The van der Waals surface area contributed by atoms with Crippen LogP contribution >= 0.6 is 22.6 Å². The first-order valence-electron chi connectivity index (χ1n) is 10.4. The molecule has 0 bridgehead atoms. The number of benzene rings is 3. The molecule has 1 aliphatic carbocycles. The summed E-state index contributed by atoms with van der Waals surface area (Å²) in [5, 5.41) is 2.98. The fourth-order valence-corrected chi connectivity index (χ4v) is 4.32. The van der Waals surface area contributed by atoms with Gasteiger partial charge in [0.1, 0.15) is 11.5 Å². The van der Waals surface area contributed by atoms with Gasteiger partial charge in [0.05, 0.1) is 17.8 Å². The highest BCUT2D eigenvalue weighted by Gasteiger charge is 2.23. The van der Waals surface area contributed by atoms with Gasteiger partial charge >= 0.3 is 0 Å². The molecule has 0 atom stereocenters. The van der Waals surface area contributed by atoms with Gasteiger partial charge in [-0.15, -0.1) is 0 Å². The fourth-order valence-electron chi connectivity index (χ4n) is 3.96. The average molecular weight is 535 g/mol. The predicted molar refractivity (Wildman–Crippen MR) is 132 cm³/mol. The zero-order valence-electron chi connectivity index (χ0n) is 17.1. The number of rotatable bonds is 4. The molecule has 32 heavy (non-hydrogen) atoms. The molecule has 0 fully saturated rings. The van der Waals surface area contributed by atoms with Gasteiger partial charge in [-0.25, -0.2) is 14.4 Å². The number of halogens is 2. The lowest BCUT2D eigenvalue weighted by Gasteiger charge is -2.21. The molecule has 0 unspecified atom stereocenters. The van der Waals surface area contributed by atoms with Crippen LogP contribution in [0.3, 0.4) is 0 Å². The topological polar surface area (TPSA) is 54.9 Å². The molecule has 1 heterocycles. The maximum Gasteiger partial charge on any atom is 0.230 e. The van der Waals surface area contributed by atoms with Gasteiger partial charge in [-0.1, -0.05) is 42.5 Å². The number of carbonyl (C=O) groups is 1. The minimum atomic E-state index is -0.247. The highest BCUT2D eigenvalue weighted by atomic mass is 127. The number of hydrogen-bond donors (Lipinski definition) is 1. The quantitative estimate of drug-likeness (QED) is 0.335. The van der Waals surface area contributed by atoms with E-state index >= 15 is 0 Å². The van der Waals surface area contributed by atoms with Crippen LogP contribution in [0.15, 0.2) is 72.8 Å². The van der Waals surface area contributed by atoms with Gasteiger partial charge in [0.25, 0.3) is 0 Å². The van der Waals surface area contributed by atoms with Gasteiger partial charge < -0.3 is 5.32 Å². The normalized spacial score (nSPS) is 12.1. The second-order valence-electron chi connectivity index (χ2n) is 7.74. The van der Waals surface area contributed by atoms with E-state index < -0.39 is 0 Å². The van der Waals surface area contributed by atoms with Crippen LogP contribution in [-0.2, 0) is 24.1 Å². The maximum absolute atomic E-state index is 13.7. The summed E-state index contributed by atoms with van der Waals surface area (Å²) in [6.45, 7) is 0. The van der Waals surface area contributed by atoms with Crippen molar-refractivity contribution in [2.75, 3.05) is 5.32 Å². The van der Waals surface area contributed by atoms with Crippen LogP contribution in [0.25, 0.3) is 22.5 Å². The van der Waals surface area contributed by atoms with Crippen LogP contribution in [0.5, 0.6) is 0 Å². The number of fused-ring (bicyclic) bond motifs is 3. The molecule has 0 aliphatic heterocycles. The summed E-state index contributed by atoms with van der Waals surface area (Å²) in [4.78, 5) is 22.6. The molecule has 0 radical (unpaired) electrons. The van der Waals surface area contributed by atoms with E-state index in [0.29, 0.717) is 24.4 Å². The van der Waals surface area contributed by atoms with Gasteiger partial charge in [0.2, 0.25) is 5.91 Å². The average Bonchev–Trinajstić information content (AvgIpc) is 2.80. The molecule has 5 rings (SSSR count). The van der Waals surface area contributed by atoms with E-state index in [9.17, 15) is 9.18 Å². The summed E-state index contributed by atoms with van der Waals surface area (Å²) in [5.74, 6) is 0.0647. The van der Waals surface area contributed by atoms with Crippen LogP contribution in [-0.4, -0.2) is 15.9 Å². The van der Waals surface area contributed by atoms with Crippen LogP contribution in [0.2, 0.25) is 0 Å². The molecule has 0 spiro atoms. The van der Waals surface area contributed by atoms with Crippen molar-refractivity contribution < 1.29 is 9.18 Å². The lowest BCUT2D eigenvalue weighted by molar-refractivity contribution is -0.115. The summed E-state index contributed by atoms with van der Waals surface area (Å²) in [6, 6.07) is 22.3. The molecule has 1 N–H and O–H groups in total. The van der Waals surface area contributed by atoms with E-state index in [0.717, 1.165) is 37.2 Å². The van der Waals surface area contributed by atoms with Crippen LogP contribution in [0.1, 0.15) is 16.8 Å². The minimum Gasteiger partial charge on any atom is -0.309 e. The van der Waals surface area contributed by atoms with Crippen molar-refractivity contribution >= 4 is 34.3 Å². The second-order valence-corrected chi connectivity index (χ2v) is 8.98. The molecule has 1 amide bonds. The Morgan fingerprint density at radius 3 is 2.50 bits per heavy atom. The number of carbonyl (C=O) groups excluding carboxylic acids is 1. The number of aryl methyl sites for hydroxylation is 2. The molecule has 4 nitrogen and oxygen atoms in total. The molecule has 1 aromatic heterocycles. The van der Waals surface area contributed by atoms with Gasteiger partial charge in [-0.3, -0.25) is 4.79 Å². The maximum atomic E-state index is 13.7. The summed E-state index contributed by atoms with van der Waals surface area (Å²) in [6.07, 6.45) is 1.59. The largest absolute Gasteiger partial charge is 0.309 e. The number of aromatic nitrogens is 2. The molecule has 0 saturated heterocycles. The summed E-state index contributed by atoms with van der Waals surface area (Å²) in [5.41, 5.74) is 5.80. The van der Waals surface area contributed by atoms with Crippen molar-refractivity contribution in [2.24, 2.45) is 0 Å². The smallest absolute Gasteiger partial charge is 0.230 e. The van der Waals surface area contributed by atoms with E-state index in [4.69, 9.17) is 9.97 Å². The third kappa shape index (κ3) is 4.27. The Bertz CT molecular complexity index is 1310. The highest BCUT2D eigenvalue weighted by Crippen LogP contribution is 2.35. The Labute approximate surface area is 199 Å². The SMILES string of the molecule is O=C(Cc1ccc(I)cc1)Nc1nc2c(nc1-c1ccccc1)-c1ccc(F)cc1CC2. The zero-order valence-corrected chi connectivity index (χ0v) is 19.3. The van der Waals surface area contributed by atoms with E-state index in [-0.39, 0.29) is 18.1 Å². The van der Waals surface area contributed by atoms with Crippen molar-refractivity contribution in [2.45, 2.75) is 19.3 Å². The van der Waals surface area contributed by atoms with Gasteiger partial charge in [0, 0.05) is 14.7 Å². The minimum absolute atomic E-state index is 0.143. The van der Waals surface area contributed by atoms with Crippen LogP contribution < -0.4 is 5.32 Å². The van der Waals surface area contributed by atoms with E-state index in [1.165, 1.54) is 6.07 Å². The monoisotopic (exact) mass is 535 g/mol. The zero-order chi connectivity index (χ0) is 22.1. The standard InChI is InChI=1S/C26H19FIN3O/c27-19-9-12-21-18(15-19)8-13-22-25(21)31-24(17-4-2-1-3-5-17)26(29-22)30-23(32)14-16-6-10-20(28)11-7-16/h1-7,9-12,15H,8,13-14H2,(H,29,30,32). The van der Waals surface area contributed by atoms with Crippen molar-refractivity contribution in [3.8, 4) is 22.5 Å². The Hall–Kier alpha value is -3.13. The van der Waals surface area contributed by atoms with Crippen LogP contribution in [0.4, 0.5) is 10.2 Å². The summed E-state index contributed by atoms with van der Waals surface area (Å²) < 4.78 is 14.9. The molecule has 158 valence electrons. The molecular weight excluding hydrogens is 516 g/mol. The highest BCUT2D eigenvalue weighted by molar-refractivity contribution is 14.1. The third-order valence-corrected chi connectivity index (χ3v) is 6.22. The second kappa shape index (κ2) is 8.78. The van der Waals surface area contributed by atoms with E-state index in [1.54, 1.807) is 12.1 Å². The first-order chi connectivity index (χ1) is 15.6. The molecule has 3 aromatic carbocycles. The van der Waals surface area contributed by atoms with Gasteiger partial charge in [-0.2, -0.15) is 0 Å². The number of anilines is 1. The number of hydrogen-bond acceptors (Lipinski definition) is 3. The Morgan fingerprint density at radius 2 is 1.72 bits per heavy atom. The molecule has 1 aliphatic rings. The molecule has 4 aromatic rings. The Balaban J connectivity index is 1.54. The number of nitrogens with one attached hydrogen (secondary N) is 1. The molecular formula is C26H19FIN3O. The lowest BCUT2D eigenvalue weighted by Crippen LogP contribution is -2.19. The number of nitrogens with zero attached hydrogens (tertiary/aromatic N) is 2. The van der Waals surface area contributed by atoms with Crippen LogP contribution in [0, 0.1) is 9.39 Å². The van der Waals surface area contributed by atoms with E-state index in [1.807, 2.05) is 54.6 Å². The predicted octanol–water partition coefficient (Wildman–Crippen LogP) is 5.83. The van der Waals surface area contributed by atoms with E-state index in [2.05, 4.69) is 27.9 Å². The Morgan fingerprint density at radius 1 is 0.938 bits per heavy atom. The van der Waals surface area contributed by atoms with Gasteiger partial charge in [0.15, 0.2) is 5.82 Å². The lowest BCUT2D eigenvalue weighted by atomic mass is 9.91. The Kier molecular flexibility index (Phi) is 5.70. The van der Waals surface area contributed by atoms with Gasteiger partial charge in [-0.05, 0) is 76.9 Å². The fraction of sp³-hybridized carbons (Fsp3) is 0.115. The number of amides is 1. The van der Waals surface area contributed by atoms with Crippen molar-refractivity contribution in [1.82, 2.24) is 9.97 Å². The first-order valence-corrected chi connectivity index (χ1v) is 11.4. The van der Waals surface area contributed by atoms with Crippen molar-refractivity contribution in [3.05, 3.63) is 99.0 Å². The van der Waals surface area contributed by atoms with Crippen molar-refractivity contribution in [1.29, 1.82) is 0 Å². The van der Waals surface area contributed by atoms with Crippen molar-refractivity contribution in [3.63, 3.8) is 0 Å². The third-order valence-electron chi connectivity index (χ3n) is 5.50. The molecule has 0 saturated carbocycles. The summed E-state index contributed by atoms with van der Waals surface area (Å²) in [7, 11) is 0. The summed E-state index contributed by atoms with van der Waals surface area (Å²) >= 11 is 2.24. The molecule has 6 heteroatoms. The first kappa shape index (κ1) is 20.8.